The maximum Gasteiger partial charge on any atom is 0.183 e. The van der Waals surface area contributed by atoms with Crippen molar-refractivity contribution in [1.82, 2.24) is 20.2 Å². The zero-order valence-electron chi connectivity index (χ0n) is 10.0. The van der Waals surface area contributed by atoms with Crippen molar-refractivity contribution < 1.29 is 0 Å². The summed E-state index contributed by atoms with van der Waals surface area (Å²) in [5, 5.41) is 12.5. The van der Waals surface area contributed by atoms with Crippen LogP contribution in [0.25, 0.3) is 11.4 Å². The third kappa shape index (κ3) is 1.84. The van der Waals surface area contributed by atoms with E-state index < -0.39 is 0 Å². The molecular weight excluding hydrogens is 250 g/mol. The van der Waals surface area contributed by atoms with Gasteiger partial charge in [0.2, 0.25) is 0 Å². The molecule has 0 spiro atoms. The molecule has 1 fully saturated rings. The summed E-state index contributed by atoms with van der Waals surface area (Å²) in [5.41, 5.74) is 7.16. The van der Waals surface area contributed by atoms with Crippen LogP contribution in [0.1, 0.15) is 25.8 Å². The van der Waals surface area contributed by atoms with Crippen molar-refractivity contribution in [3.05, 3.63) is 23.2 Å². The molecule has 0 saturated heterocycles. The number of nitrogens with zero attached hydrogens (tertiary/aromatic N) is 4. The summed E-state index contributed by atoms with van der Waals surface area (Å²) in [5.74, 6) is 1.40. The monoisotopic (exact) mass is 263 g/mol. The maximum absolute atomic E-state index is 6.20. The Bertz CT molecular complexity index is 580. The standard InChI is InChI=1S/C12H14ClN5/c1-2-7-5-11(7)18-12(15-16-17-18)9-4-3-8(14)6-10(9)13/h3-4,6-7,11H,2,5,14H2,1H3. The van der Waals surface area contributed by atoms with Gasteiger partial charge in [0.05, 0.1) is 11.1 Å². The van der Waals surface area contributed by atoms with Gasteiger partial charge in [0.25, 0.3) is 0 Å². The van der Waals surface area contributed by atoms with Crippen LogP contribution in [0.15, 0.2) is 18.2 Å². The van der Waals surface area contributed by atoms with E-state index in [0.29, 0.717) is 22.7 Å². The van der Waals surface area contributed by atoms with Gasteiger partial charge in [-0.05, 0) is 41.0 Å². The lowest BCUT2D eigenvalue weighted by Gasteiger charge is -2.06. The lowest BCUT2D eigenvalue weighted by molar-refractivity contribution is 0.563. The van der Waals surface area contributed by atoms with Gasteiger partial charge < -0.3 is 5.73 Å². The molecule has 5 nitrogen and oxygen atoms in total. The Labute approximate surface area is 110 Å². The minimum atomic E-state index is 0.411. The van der Waals surface area contributed by atoms with Gasteiger partial charge in [-0.25, -0.2) is 4.68 Å². The SMILES string of the molecule is CCC1CC1n1nnnc1-c1ccc(N)cc1Cl. The van der Waals surface area contributed by atoms with Crippen LogP contribution >= 0.6 is 11.6 Å². The molecule has 1 heterocycles. The van der Waals surface area contributed by atoms with Crippen LogP contribution in [-0.4, -0.2) is 20.2 Å². The van der Waals surface area contributed by atoms with E-state index in [4.69, 9.17) is 17.3 Å². The predicted octanol–water partition coefficient (Wildman–Crippen LogP) is 2.55. The van der Waals surface area contributed by atoms with Crippen molar-refractivity contribution in [1.29, 1.82) is 0 Å². The number of benzene rings is 1. The van der Waals surface area contributed by atoms with Gasteiger partial charge in [-0.15, -0.1) is 5.10 Å². The molecule has 94 valence electrons. The predicted molar refractivity (Wildman–Crippen MR) is 70.1 cm³/mol. The van der Waals surface area contributed by atoms with Crippen LogP contribution in [0, 0.1) is 5.92 Å². The highest BCUT2D eigenvalue weighted by Gasteiger charge is 2.39. The second kappa shape index (κ2) is 4.24. The molecule has 1 aliphatic rings. The summed E-state index contributed by atoms with van der Waals surface area (Å²) in [4.78, 5) is 0. The van der Waals surface area contributed by atoms with Crippen LogP contribution in [0.2, 0.25) is 5.02 Å². The summed E-state index contributed by atoms with van der Waals surface area (Å²) in [6, 6.07) is 5.81. The minimum Gasteiger partial charge on any atom is -0.399 e. The van der Waals surface area contributed by atoms with E-state index in [9.17, 15) is 0 Å². The van der Waals surface area contributed by atoms with Gasteiger partial charge in [-0.3, -0.25) is 0 Å². The zero-order chi connectivity index (χ0) is 12.7. The molecule has 1 aromatic carbocycles. The smallest absolute Gasteiger partial charge is 0.183 e. The molecule has 18 heavy (non-hydrogen) atoms. The Morgan fingerprint density at radius 2 is 2.33 bits per heavy atom. The Hall–Kier alpha value is -1.62. The minimum absolute atomic E-state index is 0.411. The number of aromatic nitrogens is 4. The number of halogens is 1. The zero-order valence-corrected chi connectivity index (χ0v) is 10.8. The number of nitrogen functional groups attached to an aromatic ring is 1. The maximum atomic E-state index is 6.20. The highest BCUT2D eigenvalue weighted by atomic mass is 35.5. The van der Waals surface area contributed by atoms with Crippen LogP contribution in [0.3, 0.4) is 0 Å². The highest BCUT2D eigenvalue weighted by molar-refractivity contribution is 6.33. The number of hydrogen-bond acceptors (Lipinski definition) is 4. The van der Waals surface area contributed by atoms with Crippen molar-refractivity contribution in [3.8, 4) is 11.4 Å². The first-order valence-corrected chi connectivity index (χ1v) is 6.41. The van der Waals surface area contributed by atoms with Crippen LogP contribution in [0.5, 0.6) is 0 Å². The molecule has 2 N–H and O–H groups in total. The van der Waals surface area contributed by atoms with Gasteiger partial charge in [0.1, 0.15) is 0 Å². The molecule has 2 aromatic rings. The van der Waals surface area contributed by atoms with Crippen molar-refractivity contribution in [2.75, 3.05) is 5.73 Å². The molecule has 1 saturated carbocycles. The van der Waals surface area contributed by atoms with Crippen LogP contribution in [-0.2, 0) is 0 Å². The first-order chi connectivity index (χ1) is 8.70. The van der Waals surface area contributed by atoms with Crippen LogP contribution in [0.4, 0.5) is 5.69 Å². The molecule has 0 bridgehead atoms. The van der Waals surface area contributed by atoms with E-state index in [1.165, 1.54) is 0 Å². The average Bonchev–Trinajstić information content (AvgIpc) is 2.98. The summed E-state index contributed by atoms with van der Waals surface area (Å²) in [6.45, 7) is 2.19. The van der Waals surface area contributed by atoms with Crippen LogP contribution < -0.4 is 5.73 Å². The highest BCUT2D eigenvalue weighted by Crippen LogP contribution is 2.46. The summed E-state index contributed by atoms with van der Waals surface area (Å²) >= 11 is 6.20. The van der Waals surface area contributed by atoms with Gasteiger partial charge >= 0.3 is 0 Å². The number of hydrogen-bond donors (Lipinski definition) is 1. The molecule has 0 amide bonds. The molecule has 2 unspecified atom stereocenters. The largest absolute Gasteiger partial charge is 0.399 e. The molecule has 1 aliphatic carbocycles. The Morgan fingerprint density at radius 3 is 3.00 bits per heavy atom. The molecule has 2 atom stereocenters. The van der Waals surface area contributed by atoms with Gasteiger partial charge in [-0.2, -0.15) is 0 Å². The summed E-state index contributed by atoms with van der Waals surface area (Å²) in [6.07, 6.45) is 2.29. The molecule has 1 aromatic heterocycles. The van der Waals surface area contributed by atoms with Crippen molar-refractivity contribution >= 4 is 17.3 Å². The van der Waals surface area contributed by atoms with E-state index in [2.05, 4.69) is 22.4 Å². The summed E-state index contributed by atoms with van der Waals surface area (Å²) in [7, 11) is 0. The molecule has 0 radical (unpaired) electrons. The normalized spacial score (nSPS) is 22.1. The fourth-order valence-electron chi connectivity index (χ4n) is 2.28. The molecule has 3 rings (SSSR count). The van der Waals surface area contributed by atoms with Crippen molar-refractivity contribution in [2.45, 2.75) is 25.8 Å². The Balaban J connectivity index is 2.00. The molecular formula is C12H14ClN5. The third-order valence-corrected chi connectivity index (χ3v) is 3.76. The van der Waals surface area contributed by atoms with E-state index in [1.54, 1.807) is 6.07 Å². The fourth-order valence-corrected chi connectivity index (χ4v) is 2.55. The second-order valence-corrected chi connectivity index (χ2v) is 5.06. The van der Waals surface area contributed by atoms with Gasteiger partial charge in [-0.1, -0.05) is 24.9 Å². The molecule has 0 aliphatic heterocycles. The topological polar surface area (TPSA) is 69.6 Å². The number of nitrogens with two attached hydrogens (primary N) is 1. The number of rotatable bonds is 3. The van der Waals surface area contributed by atoms with Crippen molar-refractivity contribution in [3.63, 3.8) is 0 Å². The van der Waals surface area contributed by atoms with Gasteiger partial charge in [0, 0.05) is 11.3 Å². The second-order valence-electron chi connectivity index (χ2n) is 4.66. The van der Waals surface area contributed by atoms with E-state index >= 15 is 0 Å². The summed E-state index contributed by atoms with van der Waals surface area (Å²) < 4.78 is 1.88. The Morgan fingerprint density at radius 1 is 1.50 bits per heavy atom. The van der Waals surface area contributed by atoms with E-state index in [1.807, 2.05) is 16.8 Å². The number of tetrazole rings is 1. The average molecular weight is 264 g/mol. The van der Waals surface area contributed by atoms with E-state index in [-0.39, 0.29) is 0 Å². The Kier molecular flexibility index (Phi) is 2.70. The third-order valence-electron chi connectivity index (χ3n) is 3.45. The fraction of sp³-hybridized carbons (Fsp3) is 0.417. The lowest BCUT2D eigenvalue weighted by atomic mass is 10.2. The first kappa shape index (κ1) is 11.5. The lowest BCUT2D eigenvalue weighted by Crippen LogP contribution is -2.02. The van der Waals surface area contributed by atoms with Gasteiger partial charge in [0.15, 0.2) is 5.82 Å². The quantitative estimate of drug-likeness (QED) is 0.864. The molecule has 6 heteroatoms. The van der Waals surface area contributed by atoms with Crippen molar-refractivity contribution in [2.24, 2.45) is 5.92 Å². The number of anilines is 1. The van der Waals surface area contributed by atoms with E-state index in [0.717, 1.165) is 24.2 Å². The first-order valence-electron chi connectivity index (χ1n) is 6.04.